The topological polar surface area (TPSA) is 0 Å². The SMILES string of the molecule is C=CC#C/C=C/C1CCC(c2ccc(-c3ccc(C)cc3)cc2)CC1. The van der Waals surface area contributed by atoms with E-state index in [1.54, 1.807) is 6.08 Å². The Hall–Kier alpha value is -2.52. The fraction of sp³-hybridized carbons (Fsp3) is 0.280. The van der Waals surface area contributed by atoms with E-state index in [2.05, 4.69) is 80.0 Å². The maximum Gasteiger partial charge on any atom is -0.0153 e. The Balaban J connectivity index is 1.59. The molecule has 25 heavy (non-hydrogen) atoms. The lowest BCUT2D eigenvalue weighted by Crippen LogP contribution is -2.11. The molecule has 0 unspecified atom stereocenters. The molecule has 1 fully saturated rings. The number of hydrogen-bond acceptors (Lipinski definition) is 0. The number of benzene rings is 2. The van der Waals surface area contributed by atoms with Gasteiger partial charge in [-0.25, -0.2) is 0 Å². The van der Waals surface area contributed by atoms with E-state index in [-0.39, 0.29) is 0 Å². The average molecular weight is 326 g/mol. The highest BCUT2D eigenvalue weighted by Crippen LogP contribution is 2.36. The molecule has 0 heterocycles. The highest BCUT2D eigenvalue weighted by Gasteiger charge is 2.20. The van der Waals surface area contributed by atoms with Crippen LogP contribution in [0, 0.1) is 24.7 Å². The van der Waals surface area contributed by atoms with E-state index >= 15 is 0 Å². The van der Waals surface area contributed by atoms with Crippen molar-refractivity contribution in [3.63, 3.8) is 0 Å². The van der Waals surface area contributed by atoms with Gasteiger partial charge in [-0.1, -0.05) is 78.6 Å². The van der Waals surface area contributed by atoms with Gasteiger partial charge < -0.3 is 0 Å². The van der Waals surface area contributed by atoms with Gasteiger partial charge in [0.2, 0.25) is 0 Å². The molecule has 3 rings (SSSR count). The van der Waals surface area contributed by atoms with Gasteiger partial charge in [0.15, 0.2) is 0 Å². The summed E-state index contributed by atoms with van der Waals surface area (Å²) >= 11 is 0. The molecule has 2 aromatic rings. The van der Waals surface area contributed by atoms with E-state index in [4.69, 9.17) is 0 Å². The van der Waals surface area contributed by atoms with Crippen LogP contribution in [0.15, 0.2) is 73.3 Å². The predicted octanol–water partition coefficient (Wildman–Crippen LogP) is 6.68. The lowest BCUT2D eigenvalue weighted by Gasteiger charge is -2.27. The van der Waals surface area contributed by atoms with Crippen LogP contribution in [-0.4, -0.2) is 0 Å². The smallest absolute Gasteiger partial charge is 0.0153 e. The zero-order valence-corrected chi connectivity index (χ0v) is 15.0. The molecule has 126 valence electrons. The van der Waals surface area contributed by atoms with Crippen LogP contribution in [0.3, 0.4) is 0 Å². The molecule has 0 radical (unpaired) electrons. The predicted molar refractivity (Wildman–Crippen MR) is 108 cm³/mol. The van der Waals surface area contributed by atoms with Crippen molar-refractivity contribution in [2.75, 3.05) is 0 Å². The molecule has 0 N–H and O–H groups in total. The summed E-state index contributed by atoms with van der Waals surface area (Å²) in [5.74, 6) is 7.26. The van der Waals surface area contributed by atoms with Crippen molar-refractivity contribution in [1.82, 2.24) is 0 Å². The number of hydrogen-bond donors (Lipinski definition) is 0. The van der Waals surface area contributed by atoms with Crippen molar-refractivity contribution in [2.45, 2.75) is 38.5 Å². The summed E-state index contributed by atoms with van der Waals surface area (Å²) in [6.07, 6.45) is 11.0. The minimum absolute atomic E-state index is 0.683. The normalized spacial score (nSPS) is 20.0. The first-order valence-electron chi connectivity index (χ1n) is 9.22. The van der Waals surface area contributed by atoms with Gasteiger partial charge in [0.05, 0.1) is 0 Å². The Labute approximate surface area is 152 Å². The Kier molecular flexibility index (Phi) is 5.91. The van der Waals surface area contributed by atoms with Crippen molar-refractivity contribution < 1.29 is 0 Å². The highest BCUT2D eigenvalue weighted by atomic mass is 14.3. The number of aryl methyl sites for hydroxylation is 1. The molecular formula is C25H26. The average Bonchev–Trinajstić information content (AvgIpc) is 2.67. The van der Waals surface area contributed by atoms with Crippen LogP contribution in [0.5, 0.6) is 0 Å². The third-order valence-electron chi connectivity index (χ3n) is 5.18. The van der Waals surface area contributed by atoms with Gasteiger partial charge >= 0.3 is 0 Å². The molecule has 2 aromatic carbocycles. The van der Waals surface area contributed by atoms with Crippen LogP contribution >= 0.6 is 0 Å². The van der Waals surface area contributed by atoms with Crippen LogP contribution in [0.2, 0.25) is 0 Å². The lowest BCUT2D eigenvalue weighted by molar-refractivity contribution is 0.376. The van der Waals surface area contributed by atoms with E-state index in [0.717, 1.165) is 0 Å². The van der Waals surface area contributed by atoms with Crippen LogP contribution in [-0.2, 0) is 0 Å². The summed E-state index contributed by atoms with van der Waals surface area (Å²) < 4.78 is 0. The lowest BCUT2D eigenvalue weighted by atomic mass is 9.78. The summed E-state index contributed by atoms with van der Waals surface area (Å²) in [5.41, 5.74) is 5.40. The fourth-order valence-electron chi connectivity index (χ4n) is 3.63. The molecule has 0 aromatic heterocycles. The van der Waals surface area contributed by atoms with Gasteiger partial charge in [-0.05, 0) is 73.3 Å². The second-order valence-corrected chi connectivity index (χ2v) is 6.95. The highest BCUT2D eigenvalue weighted by molar-refractivity contribution is 5.64. The first kappa shape index (κ1) is 17.3. The summed E-state index contributed by atoms with van der Waals surface area (Å²) in [5, 5.41) is 0. The Morgan fingerprint density at radius 2 is 1.44 bits per heavy atom. The standard InChI is InChI=1S/C25H26/c1-3-4-5-6-7-21-10-14-23(15-11-21)25-18-16-24(17-19-25)22-12-8-20(2)9-13-22/h3,6-9,12-13,16-19,21,23H,1,10-11,14-15H2,2H3/b7-6+. The van der Waals surface area contributed by atoms with E-state index < -0.39 is 0 Å². The van der Waals surface area contributed by atoms with Crippen molar-refractivity contribution in [3.05, 3.63) is 84.5 Å². The third kappa shape index (κ3) is 4.74. The van der Waals surface area contributed by atoms with Gasteiger partial charge in [-0.2, -0.15) is 0 Å². The molecule has 0 amide bonds. The van der Waals surface area contributed by atoms with E-state index in [9.17, 15) is 0 Å². The van der Waals surface area contributed by atoms with Crippen LogP contribution in [0.1, 0.15) is 42.7 Å². The maximum atomic E-state index is 3.61. The second-order valence-electron chi connectivity index (χ2n) is 6.95. The Bertz CT molecular complexity index is 771. The molecule has 1 aliphatic rings. The molecule has 0 spiro atoms. The quantitative estimate of drug-likeness (QED) is 0.552. The monoisotopic (exact) mass is 326 g/mol. The van der Waals surface area contributed by atoms with Crippen molar-refractivity contribution in [1.29, 1.82) is 0 Å². The number of allylic oxidation sites excluding steroid dienone is 3. The molecule has 1 aliphatic carbocycles. The Morgan fingerprint density at radius 3 is 2.04 bits per heavy atom. The van der Waals surface area contributed by atoms with Gasteiger partial charge in [0.1, 0.15) is 0 Å². The molecular weight excluding hydrogens is 300 g/mol. The van der Waals surface area contributed by atoms with E-state index in [1.165, 1.54) is 47.9 Å². The Morgan fingerprint density at radius 1 is 0.840 bits per heavy atom. The van der Waals surface area contributed by atoms with Crippen LogP contribution in [0.25, 0.3) is 11.1 Å². The molecule has 0 heteroatoms. The van der Waals surface area contributed by atoms with Gasteiger partial charge in [-0.15, -0.1) is 0 Å². The molecule has 0 bridgehead atoms. The zero-order valence-electron chi connectivity index (χ0n) is 15.0. The minimum Gasteiger partial charge on any atom is -0.0906 e. The molecule has 0 nitrogen and oxygen atoms in total. The number of rotatable bonds is 3. The van der Waals surface area contributed by atoms with Crippen molar-refractivity contribution in [3.8, 4) is 23.0 Å². The van der Waals surface area contributed by atoms with E-state index in [0.29, 0.717) is 11.8 Å². The van der Waals surface area contributed by atoms with Crippen molar-refractivity contribution in [2.24, 2.45) is 5.92 Å². The van der Waals surface area contributed by atoms with Gasteiger partial charge in [-0.3, -0.25) is 0 Å². The molecule has 0 aliphatic heterocycles. The molecule has 0 saturated heterocycles. The summed E-state index contributed by atoms with van der Waals surface area (Å²) in [6.45, 7) is 5.74. The zero-order chi connectivity index (χ0) is 17.5. The third-order valence-corrected chi connectivity index (χ3v) is 5.18. The fourth-order valence-corrected chi connectivity index (χ4v) is 3.63. The first-order valence-corrected chi connectivity index (χ1v) is 9.22. The van der Waals surface area contributed by atoms with Gasteiger partial charge in [0, 0.05) is 0 Å². The van der Waals surface area contributed by atoms with Crippen LogP contribution in [0.4, 0.5) is 0 Å². The second kappa shape index (κ2) is 8.54. The van der Waals surface area contributed by atoms with Crippen LogP contribution < -0.4 is 0 Å². The van der Waals surface area contributed by atoms with Gasteiger partial charge in [0.25, 0.3) is 0 Å². The summed E-state index contributed by atoms with van der Waals surface area (Å²) in [7, 11) is 0. The van der Waals surface area contributed by atoms with E-state index in [1.807, 2.05) is 6.08 Å². The molecule has 1 saturated carbocycles. The first-order chi connectivity index (χ1) is 12.3. The summed E-state index contributed by atoms with van der Waals surface area (Å²) in [4.78, 5) is 0. The van der Waals surface area contributed by atoms with Crippen molar-refractivity contribution >= 4 is 0 Å². The summed E-state index contributed by atoms with van der Waals surface area (Å²) in [6, 6.07) is 18.0. The molecule has 0 atom stereocenters. The minimum atomic E-state index is 0.683. The maximum absolute atomic E-state index is 3.61. The largest absolute Gasteiger partial charge is 0.0906 e.